The first-order chi connectivity index (χ1) is 11.1. The third-order valence-corrected chi connectivity index (χ3v) is 5.22. The van der Waals surface area contributed by atoms with Crippen LogP contribution in [0, 0.1) is 6.92 Å². The number of benzene rings is 1. The number of aromatic nitrogens is 3. The first-order valence-electron chi connectivity index (χ1n) is 7.53. The van der Waals surface area contributed by atoms with E-state index in [0.29, 0.717) is 6.54 Å². The van der Waals surface area contributed by atoms with E-state index >= 15 is 0 Å². The zero-order valence-corrected chi connectivity index (χ0v) is 13.5. The molecular formula is C16H16N4O2S. The second kappa shape index (κ2) is 5.34. The van der Waals surface area contributed by atoms with Crippen molar-refractivity contribution in [1.29, 1.82) is 0 Å². The summed E-state index contributed by atoms with van der Waals surface area (Å²) in [4.78, 5) is 18.1. The molecule has 0 atom stereocenters. The molecule has 4 rings (SSSR count). The summed E-state index contributed by atoms with van der Waals surface area (Å²) in [5.74, 6) is -1.00. The van der Waals surface area contributed by atoms with Gasteiger partial charge in [0, 0.05) is 24.3 Å². The Kier molecular flexibility index (Phi) is 3.30. The van der Waals surface area contributed by atoms with Gasteiger partial charge in [-0.1, -0.05) is 23.5 Å². The monoisotopic (exact) mass is 328 g/mol. The molecule has 0 unspecified atom stereocenters. The Labute approximate surface area is 137 Å². The molecule has 6 nitrogen and oxygen atoms in total. The molecule has 0 aliphatic carbocycles. The topological polar surface area (TPSA) is 71.2 Å². The van der Waals surface area contributed by atoms with Crippen LogP contribution in [-0.4, -0.2) is 38.9 Å². The Balaban J connectivity index is 1.71. The van der Waals surface area contributed by atoms with Crippen LogP contribution in [0.1, 0.15) is 28.2 Å². The van der Waals surface area contributed by atoms with E-state index in [1.165, 1.54) is 6.42 Å². The van der Waals surface area contributed by atoms with Crippen LogP contribution in [0.2, 0.25) is 0 Å². The van der Waals surface area contributed by atoms with Gasteiger partial charge < -0.3 is 10.0 Å². The van der Waals surface area contributed by atoms with Crippen LogP contribution >= 0.6 is 11.3 Å². The highest BCUT2D eigenvalue weighted by molar-refractivity contribution is 7.22. The number of anilines is 1. The van der Waals surface area contributed by atoms with Crippen LogP contribution in [0.25, 0.3) is 10.2 Å². The first-order valence-corrected chi connectivity index (χ1v) is 8.34. The standard InChI is InChI=1S/C16H16N4O2S/c1-10-8-12(15(21)22)18-20(10)9-11-4-2-5-13-14(11)17-16(23-13)19-6-3-7-19/h2,4-5,8H,3,6-7,9H2,1H3,(H,21,22). The maximum Gasteiger partial charge on any atom is 0.356 e. The van der Waals surface area contributed by atoms with Crippen molar-refractivity contribution in [3.8, 4) is 0 Å². The zero-order chi connectivity index (χ0) is 16.0. The lowest BCUT2D eigenvalue weighted by molar-refractivity contribution is 0.0689. The van der Waals surface area contributed by atoms with Crippen LogP contribution in [0.5, 0.6) is 0 Å². The molecule has 0 saturated carbocycles. The predicted octanol–water partition coefficient (Wildman–Crippen LogP) is 2.76. The summed E-state index contributed by atoms with van der Waals surface area (Å²) in [6, 6.07) is 7.73. The molecular weight excluding hydrogens is 312 g/mol. The quantitative estimate of drug-likeness (QED) is 0.797. The van der Waals surface area contributed by atoms with Gasteiger partial charge in [0.25, 0.3) is 0 Å². The fourth-order valence-electron chi connectivity index (χ4n) is 2.70. The van der Waals surface area contributed by atoms with Crippen molar-refractivity contribution in [2.24, 2.45) is 0 Å². The predicted molar refractivity (Wildman–Crippen MR) is 89.5 cm³/mol. The number of carboxylic acids is 1. The van der Waals surface area contributed by atoms with Gasteiger partial charge in [-0.25, -0.2) is 9.78 Å². The fourth-order valence-corrected chi connectivity index (χ4v) is 3.77. The Bertz CT molecular complexity index is 895. The number of aryl methyl sites for hydroxylation is 1. The number of nitrogens with zero attached hydrogens (tertiary/aromatic N) is 4. The second-order valence-electron chi connectivity index (χ2n) is 5.73. The summed E-state index contributed by atoms with van der Waals surface area (Å²) in [5.41, 5.74) is 2.96. The molecule has 1 aliphatic heterocycles. The maximum atomic E-state index is 11.1. The average molecular weight is 328 g/mol. The first kappa shape index (κ1) is 14.2. The molecule has 7 heteroatoms. The summed E-state index contributed by atoms with van der Waals surface area (Å²) in [5, 5.41) is 14.3. The number of aromatic carboxylic acids is 1. The fraction of sp³-hybridized carbons (Fsp3) is 0.312. The highest BCUT2D eigenvalue weighted by atomic mass is 32.1. The van der Waals surface area contributed by atoms with Crippen LogP contribution in [0.3, 0.4) is 0 Å². The van der Waals surface area contributed by atoms with Gasteiger partial charge in [-0.15, -0.1) is 0 Å². The van der Waals surface area contributed by atoms with Gasteiger partial charge in [0.15, 0.2) is 10.8 Å². The summed E-state index contributed by atoms with van der Waals surface area (Å²) < 4.78 is 2.88. The number of rotatable bonds is 4. The Morgan fingerprint density at radius 1 is 1.39 bits per heavy atom. The van der Waals surface area contributed by atoms with E-state index in [1.54, 1.807) is 22.1 Å². The number of para-hydroxylation sites is 1. The summed E-state index contributed by atoms with van der Waals surface area (Å²) in [6.45, 7) is 4.55. The van der Waals surface area contributed by atoms with Crippen LogP contribution < -0.4 is 4.90 Å². The molecule has 1 fully saturated rings. The number of carboxylic acid groups (broad SMARTS) is 1. The molecule has 1 aliphatic rings. The molecule has 0 spiro atoms. The highest BCUT2D eigenvalue weighted by Gasteiger charge is 2.19. The number of carbonyl (C=O) groups is 1. The van der Waals surface area contributed by atoms with Gasteiger partial charge in [0.1, 0.15) is 0 Å². The van der Waals surface area contributed by atoms with Crippen molar-refractivity contribution < 1.29 is 9.90 Å². The van der Waals surface area contributed by atoms with Crippen molar-refractivity contribution in [2.45, 2.75) is 19.9 Å². The van der Waals surface area contributed by atoms with E-state index in [2.05, 4.69) is 16.1 Å². The Morgan fingerprint density at radius 2 is 2.22 bits per heavy atom. The molecule has 2 aromatic heterocycles. The van der Waals surface area contributed by atoms with Gasteiger partial charge in [-0.2, -0.15) is 5.10 Å². The largest absolute Gasteiger partial charge is 0.476 e. The molecule has 1 N–H and O–H groups in total. The molecule has 23 heavy (non-hydrogen) atoms. The maximum absolute atomic E-state index is 11.1. The van der Waals surface area contributed by atoms with E-state index in [-0.39, 0.29) is 5.69 Å². The minimum Gasteiger partial charge on any atom is -0.476 e. The summed E-state index contributed by atoms with van der Waals surface area (Å²) >= 11 is 1.71. The number of fused-ring (bicyclic) bond motifs is 1. The highest BCUT2D eigenvalue weighted by Crippen LogP contribution is 2.33. The van der Waals surface area contributed by atoms with Gasteiger partial charge in [-0.3, -0.25) is 4.68 Å². The van der Waals surface area contributed by atoms with Crippen molar-refractivity contribution in [3.05, 3.63) is 41.2 Å². The van der Waals surface area contributed by atoms with Crippen LogP contribution in [-0.2, 0) is 6.54 Å². The van der Waals surface area contributed by atoms with E-state index in [9.17, 15) is 4.79 Å². The van der Waals surface area contributed by atoms with Crippen LogP contribution in [0.4, 0.5) is 5.13 Å². The van der Waals surface area contributed by atoms with E-state index in [0.717, 1.165) is 39.7 Å². The molecule has 0 radical (unpaired) electrons. The van der Waals surface area contributed by atoms with Crippen molar-refractivity contribution >= 4 is 32.7 Å². The minimum absolute atomic E-state index is 0.0780. The van der Waals surface area contributed by atoms with Crippen molar-refractivity contribution in [3.63, 3.8) is 0 Å². The third-order valence-electron chi connectivity index (χ3n) is 4.14. The number of hydrogen-bond donors (Lipinski definition) is 1. The lowest BCUT2D eigenvalue weighted by atomic mass is 10.2. The molecule has 118 valence electrons. The summed E-state index contributed by atoms with van der Waals surface area (Å²) in [6.07, 6.45) is 1.23. The van der Waals surface area contributed by atoms with Gasteiger partial charge in [-0.05, 0) is 25.5 Å². The Morgan fingerprint density at radius 3 is 2.87 bits per heavy atom. The van der Waals surface area contributed by atoms with Gasteiger partial charge >= 0.3 is 5.97 Å². The summed E-state index contributed by atoms with van der Waals surface area (Å²) in [7, 11) is 0. The molecule has 0 amide bonds. The number of hydrogen-bond acceptors (Lipinski definition) is 5. The average Bonchev–Trinajstić information content (AvgIpc) is 3.02. The zero-order valence-electron chi connectivity index (χ0n) is 12.7. The second-order valence-corrected chi connectivity index (χ2v) is 6.74. The minimum atomic E-state index is -1.00. The molecule has 3 aromatic rings. The van der Waals surface area contributed by atoms with Crippen LogP contribution in [0.15, 0.2) is 24.3 Å². The van der Waals surface area contributed by atoms with Crippen molar-refractivity contribution in [2.75, 3.05) is 18.0 Å². The Hall–Kier alpha value is -2.41. The van der Waals surface area contributed by atoms with Gasteiger partial charge in [0.2, 0.25) is 0 Å². The van der Waals surface area contributed by atoms with Gasteiger partial charge in [0.05, 0.1) is 16.8 Å². The lowest BCUT2D eigenvalue weighted by Crippen LogP contribution is -2.36. The molecule has 1 saturated heterocycles. The van der Waals surface area contributed by atoms with E-state index < -0.39 is 5.97 Å². The van der Waals surface area contributed by atoms with E-state index in [1.807, 2.05) is 19.1 Å². The third kappa shape index (κ3) is 2.46. The SMILES string of the molecule is Cc1cc(C(=O)O)nn1Cc1cccc2sc(N3CCC3)nc12. The molecule has 1 aromatic carbocycles. The number of thiazole rings is 1. The molecule has 0 bridgehead atoms. The smallest absolute Gasteiger partial charge is 0.356 e. The molecule has 3 heterocycles. The lowest BCUT2D eigenvalue weighted by Gasteiger charge is -2.30. The normalized spacial score (nSPS) is 14.2. The van der Waals surface area contributed by atoms with Crippen molar-refractivity contribution in [1.82, 2.24) is 14.8 Å². The van der Waals surface area contributed by atoms with E-state index in [4.69, 9.17) is 10.1 Å².